The van der Waals surface area contributed by atoms with Crippen LogP contribution < -0.4 is 5.43 Å². The summed E-state index contributed by atoms with van der Waals surface area (Å²) in [6.45, 7) is 0. The summed E-state index contributed by atoms with van der Waals surface area (Å²) in [6.07, 6.45) is -3.24. The third kappa shape index (κ3) is 6.80. The number of rotatable bonds is 6. The minimum absolute atomic E-state index is 0.173. The van der Waals surface area contributed by atoms with Gasteiger partial charge >= 0.3 is 6.18 Å². The predicted octanol–water partition coefficient (Wildman–Crippen LogP) is 4.74. The fourth-order valence-corrected chi connectivity index (χ4v) is 2.87. The van der Waals surface area contributed by atoms with Gasteiger partial charge in [-0.25, -0.2) is 5.43 Å². The van der Waals surface area contributed by atoms with E-state index in [1.165, 1.54) is 30.1 Å². The van der Waals surface area contributed by atoms with Crippen molar-refractivity contribution >= 4 is 35.5 Å². The number of alkyl halides is 3. The molecule has 2 aromatic carbocycles. The van der Waals surface area contributed by atoms with Crippen LogP contribution in [0.5, 0.6) is 0 Å². The maximum atomic E-state index is 12.6. The molecule has 132 valence electrons. The molecule has 0 radical (unpaired) electrons. The van der Waals surface area contributed by atoms with Crippen LogP contribution in [0.15, 0.2) is 53.6 Å². The molecule has 2 rings (SSSR count). The van der Waals surface area contributed by atoms with Crippen molar-refractivity contribution in [3.63, 3.8) is 0 Å². The molecule has 0 fully saturated rings. The first-order valence-corrected chi connectivity index (χ1v) is 8.69. The summed E-state index contributed by atoms with van der Waals surface area (Å²) >= 11 is 7.26. The lowest BCUT2D eigenvalue weighted by atomic mass is 10.1. The van der Waals surface area contributed by atoms with Crippen molar-refractivity contribution in [2.45, 2.75) is 11.9 Å². The highest BCUT2D eigenvalue weighted by atomic mass is 35.5. The second-order valence-electron chi connectivity index (χ2n) is 5.04. The number of carbonyl (C=O) groups excluding carboxylic acids is 1. The Bertz CT molecular complexity index is 766. The molecule has 0 aromatic heterocycles. The van der Waals surface area contributed by atoms with E-state index in [1.807, 2.05) is 18.2 Å². The van der Waals surface area contributed by atoms with Gasteiger partial charge in [-0.3, -0.25) is 4.79 Å². The molecule has 0 atom stereocenters. The molecular formula is C17H14ClF3N2OS. The van der Waals surface area contributed by atoms with Gasteiger partial charge in [-0.1, -0.05) is 35.9 Å². The van der Waals surface area contributed by atoms with Crippen molar-refractivity contribution in [1.29, 1.82) is 0 Å². The highest BCUT2D eigenvalue weighted by molar-refractivity contribution is 7.99. The lowest BCUT2D eigenvalue weighted by Crippen LogP contribution is -2.19. The Labute approximate surface area is 152 Å². The van der Waals surface area contributed by atoms with Gasteiger partial charge in [0.2, 0.25) is 5.91 Å². The number of halogens is 4. The van der Waals surface area contributed by atoms with Crippen LogP contribution in [0.3, 0.4) is 0 Å². The van der Waals surface area contributed by atoms with Gasteiger partial charge in [-0.2, -0.15) is 18.3 Å². The van der Waals surface area contributed by atoms with Gasteiger partial charge in [-0.05, 0) is 35.4 Å². The molecule has 0 unspecified atom stereocenters. The van der Waals surface area contributed by atoms with Crippen LogP contribution in [0.4, 0.5) is 13.2 Å². The van der Waals surface area contributed by atoms with Crippen molar-refractivity contribution in [3.05, 3.63) is 70.2 Å². The maximum absolute atomic E-state index is 12.6. The van der Waals surface area contributed by atoms with Gasteiger partial charge < -0.3 is 0 Å². The molecule has 25 heavy (non-hydrogen) atoms. The van der Waals surface area contributed by atoms with Gasteiger partial charge in [0.05, 0.1) is 17.5 Å². The molecule has 0 bridgehead atoms. The number of carbonyl (C=O) groups is 1. The maximum Gasteiger partial charge on any atom is 0.416 e. The first kappa shape index (κ1) is 19.3. The highest BCUT2D eigenvalue weighted by Crippen LogP contribution is 2.29. The van der Waals surface area contributed by atoms with Crippen LogP contribution in [-0.2, 0) is 16.7 Å². The lowest BCUT2D eigenvalue weighted by molar-refractivity contribution is -0.137. The number of hydrogen-bond donors (Lipinski definition) is 1. The first-order chi connectivity index (χ1) is 11.8. The second kappa shape index (κ2) is 8.92. The Morgan fingerprint density at radius 2 is 1.96 bits per heavy atom. The molecule has 1 N–H and O–H groups in total. The third-order valence-electron chi connectivity index (χ3n) is 3.01. The molecule has 0 saturated carbocycles. The molecule has 0 spiro atoms. The van der Waals surface area contributed by atoms with Crippen molar-refractivity contribution in [2.75, 3.05) is 5.75 Å². The van der Waals surface area contributed by atoms with E-state index in [9.17, 15) is 18.0 Å². The van der Waals surface area contributed by atoms with E-state index >= 15 is 0 Å². The summed E-state index contributed by atoms with van der Waals surface area (Å²) in [6, 6.07) is 12.0. The van der Waals surface area contributed by atoms with Gasteiger partial charge in [0.25, 0.3) is 0 Å². The van der Waals surface area contributed by atoms with Gasteiger partial charge in [0.15, 0.2) is 0 Å². The second-order valence-corrected chi connectivity index (χ2v) is 6.46. The Balaban J connectivity index is 1.79. The summed E-state index contributed by atoms with van der Waals surface area (Å²) in [5.74, 6) is 0.452. The van der Waals surface area contributed by atoms with Crippen LogP contribution in [-0.4, -0.2) is 17.9 Å². The van der Waals surface area contributed by atoms with E-state index in [2.05, 4.69) is 10.5 Å². The van der Waals surface area contributed by atoms with Crippen LogP contribution in [0.2, 0.25) is 5.02 Å². The van der Waals surface area contributed by atoms with Gasteiger partial charge in [0, 0.05) is 10.8 Å². The lowest BCUT2D eigenvalue weighted by Gasteiger charge is -2.06. The molecular weight excluding hydrogens is 373 g/mol. The van der Waals surface area contributed by atoms with E-state index in [-0.39, 0.29) is 17.2 Å². The van der Waals surface area contributed by atoms with E-state index in [0.29, 0.717) is 10.8 Å². The molecule has 1 amide bonds. The fraction of sp³-hybridized carbons (Fsp3) is 0.176. The van der Waals surface area contributed by atoms with E-state index in [0.717, 1.165) is 17.7 Å². The molecule has 0 saturated heterocycles. The Morgan fingerprint density at radius 3 is 2.68 bits per heavy atom. The zero-order valence-corrected chi connectivity index (χ0v) is 14.5. The van der Waals surface area contributed by atoms with Crippen LogP contribution >= 0.6 is 23.4 Å². The van der Waals surface area contributed by atoms with Crippen LogP contribution in [0, 0.1) is 0 Å². The molecule has 0 aliphatic carbocycles. The predicted molar refractivity (Wildman–Crippen MR) is 94.8 cm³/mol. The summed E-state index contributed by atoms with van der Waals surface area (Å²) in [4.78, 5) is 11.7. The van der Waals surface area contributed by atoms with Crippen LogP contribution in [0.25, 0.3) is 0 Å². The third-order valence-corrected chi connectivity index (χ3v) is 4.25. The smallest absolute Gasteiger partial charge is 0.272 e. The van der Waals surface area contributed by atoms with Crippen molar-refractivity contribution < 1.29 is 18.0 Å². The average Bonchev–Trinajstić information content (AvgIpc) is 2.54. The normalized spacial score (nSPS) is 11.7. The Hall–Kier alpha value is -1.99. The van der Waals surface area contributed by atoms with Crippen LogP contribution in [0.1, 0.15) is 16.7 Å². The quantitative estimate of drug-likeness (QED) is 0.575. The average molecular weight is 387 g/mol. The van der Waals surface area contributed by atoms with E-state index < -0.39 is 11.7 Å². The topological polar surface area (TPSA) is 41.5 Å². The van der Waals surface area contributed by atoms with E-state index in [4.69, 9.17) is 11.6 Å². The zero-order chi connectivity index (χ0) is 18.3. The SMILES string of the molecule is O=C(CSCc1cccc(Cl)c1)N/N=C\c1cccc(C(F)(F)F)c1. The molecule has 0 aliphatic rings. The molecule has 2 aromatic rings. The fourth-order valence-electron chi connectivity index (χ4n) is 1.89. The van der Waals surface area contributed by atoms with Crippen molar-refractivity contribution in [1.82, 2.24) is 5.43 Å². The minimum atomic E-state index is -4.41. The van der Waals surface area contributed by atoms with E-state index in [1.54, 1.807) is 6.07 Å². The molecule has 3 nitrogen and oxygen atoms in total. The largest absolute Gasteiger partial charge is 0.416 e. The number of nitrogens with zero attached hydrogens (tertiary/aromatic N) is 1. The number of hydrogen-bond acceptors (Lipinski definition) is 3. The van der Waals surface area contributed by atoms with Gasteiger partial charge in [0.1, 0.15) is 0 Å². The first-order valence-electron chi connectivity index (χ1n) is 7.16. The number of hydrazone groups is 1. The summed E-state index contributed by atoms with van der Waals surface area (Å²) in [7, 11) is 0. The zero-order valence-electron chi connectivity index (χ0n) is 12.9. The van der Waals surface area contributed by atoms with Crippen molar-refractivity contribution in [3.8, 4) is 0 Å². The molecule has 0 aliphatic heterocycles. The number of nitrogens with one attached hydrogen (secondary N) is 1. The summed E-state index contributed by atoms with van der Waals surface area (Å²) in [5.41, 5.74) is 2.77. The summed E-state index contributed by atoms with van der Waals surface area (Å²) < 4.78 is 37.8. The van der Waals surface area contributed by atoms with Crippen molar-refractivity contribution in [2.24, 2.45) is 5.10 Å². The minimum Gasteiger partial charge on any atom is -0.272 e. The Morgan fingerprint density at radius 1 is 1.20 bits per heavy atom. The van der Waals surface area contributed by atoms with Gasteiger partial charge in [-0.15, -0.1) is 11.8 Å². The number of benzene rings is 2. The number of thioether (sulfide) groups is 1. The summed E-state index contributed by atoms with van der Waals surface area (Å²) in [5, 5.41) is 4.31. The molecule has 0 heterocycles. The standard InChI is InChI=1S/C17H14ClF3N2OS/c18-15-6-2-4-13(8-15)10-25-11-16(24)23-22-9-12-3-1-5-14(7-12)17(19,20)21/h1-9H,10-11H2,(H,23,24)/b22-9-. The highest BCUT2D eigenvalue weighted by Gasteiger charge is 2.30. The Kier molecular flexibility index (Phi) is 6.90. The molecule has 8 heteroatoms. The number of amides is 1. The monoisotopic (exact) mass is 386 g/mol.